The normalized spacial score (nSPS) is 11.7. The van der Waals surface area contributed by atoms with Crippen molar-refractivity contribution in [2.24, 2.45) is 0 Å². The minimum Gasteiger partial charge on any atom is -0.493 e. The molecule has 0 aliphatic rings. The molecule has 0 aliphatic heterocycles. The maximum absolute atomic E-state index is 12.7. The molecule has 2 N–H and O–H groups in total. The lowest BCUT2D eigenvalue weighted by Crippen LogP contribution is -2.36. The second-order valence-corrected chi connectivity index (χ2v) is 7.94. The number of hydrogen-bond donors (Lipinski definition) is 2. The quantitative estimate of drug-likeness (QED) is 0.236. The van der Waals surface area contributed by atoms with E-state index in [1.807, 2.05) is 54.6 Å². The van der Waals surface area contributed by atoms with Crippen molar-refractivity contribution in [2.45, 2.75) is 12.5 Å². The molecule has 1 atom stereocenters. The molecule has 0 aliphatic carbocycles. The van der Waals surface area contributed by atoms with Crippen molar-refractivity contribution in [3.63, 3.8) is 0 Å². The first-order valence-corrected chi connectivity index (χ1v) is 11.4. The van der Waals surface area contributed by atoms with E-state index in [2.05, 4.69) is 15.5 Å². The fraction of sp³-hybridized carbons (Fsp3) is 0.259. The van der Waals surface area contributed by atoms with Gasteiger partial charge in [0.1, 0.15) is 18.5 Å². The molecule has 8 nitrogen and oxygen atoms in total. The molecule has 0 fully saturated rings. The van der Waals surface area contributed by atoms with Gasteiger partial charge in [-0.05, 0) is 54.9 Å². The summed E-state index contributed by atoms with van der Waals surface area (Å²) in [5, 5.41) is 11.3. The summed E-state index contributed by atoms with van der Waals surface area (Å²) in [5.41, 5.74) is 2.49. The molecule has 182 valence electrons. The van der Waals surface area contributed by atoms with Gasteiger partial charge in [0.25, 0.3) is 0 Å². The van der Waals surface area contributed by atoms with Crippen molar-refractivity contribution in [1.82, 2.24) is 15.5 Å². The minimum absolute atomic E-state index is 0.201. The summed E-state index contributed by atoms with van der Waals surface area (Å²) in [7, 11) is 3.24. The molecule has 8 heteroatoms. The third-order valence-electron chi connectivity index (χ3n) is 5.56. The number of benzene rings is 3. The van der Waals surface area contributed by atoms with Crippen LogP contribution in [-0.4, -0.2) is 56.2 Å². The van der Waals surface area contributed by atoms with E-state index in [-0.39, 0.29) is 12.6 Å². The lowest BCUT2D eigenvalue weighted by molar-refractivity contribution is 0.0180. The number of ether oxygens (including phenoxy) is 4. The summed E-state index contributed by atoms with van der Waals surface area (Å²) in [6, 6.07) is 20.5. The molecule has 4 aromatic rings. The SMILES string of the molecule is COc1ccc(CCNCC(COc2cccc3[nH]ncc23)OC(=O)c2ccccc2)cc1OC. The number of hydrogen-bond acceptors (Lipinski definition) is 7. The Kier molecular flexibility index (Phi) is 8.19. The van der Waals surface area contributed by atoms with Crippen LogP contribution in [0.2, 0.25) is 0 Å². The Balaban J connectivity index is 1.37. The van der Waals surface area contributed by atoms with Crippen molar-refractivity contribution < 1.29 is 23.7 Å². The molecular weight excluding hydrogens is 446 g/mol. The fourth-order valence-corrected chi connectivity index (χ4v) is 3.71. The highest BCUT2D eigenvalue weighted by Gasteiger charge is 2.18. The molecular formula is C27H29N3O5. The molecule has 0 radical (unpaired) electrons. The number of fused-ring (bicyclic) bond motifs is 1. The summed E-state index contributed by atoms with van der Waals surface area (Å²) < 4.78 is 22.5. The van der Waals surface area contributed by atoms with Gasteiger partial charge in [0.05, 0.1) is 36.9 Å². The molecule has 35 heavy (non-hydrogen) atoms. The van der Waals surface area contributed by atoms with Gasteiger partial charge in [0, 0.05) is 6.54 Å². The number of carbonyl (C=O) groups is 1. The monoisotopic (exact) mass is 475 g/mol. The topological polar surface area (TPSA) is 94.7 Å². The van der Waals surface area contributed by atoms with Crippen molar-refractivity contribution >= 4 is 16.9 Å². The van der Waals surface area contributed by atoms with Crippen LogP contribution in [0.4, 0.5) is 0 Å². The van der Waals surface area contributed by atoms with Crippen LogP contribution in [0.25, 0.3) is 10.9 Å². The van der Waals surface area contributed by atoms with Crippen molar-refractivity contribution in [2.75, 3.05) is 33.9 Å². The van der Waals surface area contributed by atoms with Crippen molar-refractivity contribution in [3.8, 4) is 17.2 Å². The van der Waals surface area contributed by atoms with E-state index in [9.17, 15) is 4.79 Å². The zero-order valence-electron chi connectivity index (χ0n) is 19.8. The van der Waals surface area contributed by atoms with Gasteiger partial charge >= 0.3 is 5.97 Å². The van der Waals surface area contributed by atoms with E-state index in [1.165, 1.54) is 0 Å². The lowest BCUT2D eigenvalue weighted by Gasteiger charge is -2.20. The first-order valence-electron chi connectivity index (χ1n) is 11.4. The first-order chi connectivity index (χ1) is 17.2. The number of methoxy groups -OCH3 is 2. The highest BCUT2D eigenvalue weighted by molar-refractivity contribution is 5.89. The molecule has 4 rings (SSSR count). The predicted molar refractivity (Wildman–Crippen MR) is 133 cm³/mol. The second kappa shape index (κ2) is 11.9. The van der Waals surface area contributed by atoms with Crippen LogP contribution in [-0.2, 0) is 11.2 Å². The molecule has 0 saturated carbocycles. The maximum Gasteiger partial charge on any atom is 0.338 e. The minimum atomic E-state index is -0.490. The smallest absolute Gasteiger partial charge is 0.338 e. The van der Waals surface area contributed by atoms with Gasteiger partial charge in [-0.1, -0.05) is 30.3 Å². The van der Waals surface area contributed by atoms with Gasteiger partial charge in [-0.3, -0.25) is 5.10 Å². The van der Waals surface area contributed by atoms with Gasteiger partial charge in [0.2, 0.25) is 0 Å². The molecule has 0 spiro atoms. The first kappa shape index (κ1) is 24.1. The molecule has 0 saturated heterocycles. The van der Waals surface area contributed by atoms with E-state index >= 15 is 0 Å². The van der Waals surface area contributed by atoms with Gasteiger partial charge in [-0.2, -0.15) is 5.10 Å². The van der Waals surface area contributed by atoms with E-state index in [1.54, 1.807) is 32.5 Å². The third-order valence-corrected chi connectivity index (χ3v) is 5.56. The Morgan fingerprint density at radius 2 is 1.80 bits per heavy atom. The van der Waals surface area contributed by atoms with Crippen LogP contribution in [0.5, 0.6) is 17.2 Å². The van der Waals surface area contributed by atoms with Crippen molar-refractivity contribution in [1.29, 1.82) is 0 Å². The van der Waals surface area contributed by atoms with Gasteiger partial charge in [-0.25, -0.2) is 4.79 Å². The molecule has 1 heterocycles. The highest BCUT2D eigenvalue weighted by atomic mass is 16.6. The van der Waals surface area contributed by atoms with E-state index < -0.39 is 6.10 Å². The van der Waals surface area contributed by atoms with Gasteiger partial charge in [-0.15, -0.1) is 0 Å². The Morgan fingerprint density at radius 1 is 0.971 bits per heavy atom. The predicted octanol–water partition coefficient (Wildman–Crippen LogP) is 4.02. The number of esters is 1. The number of H-pyrrole nitrogens is 1. The largest absolute Gasteiger partial charge is 0.493 e. The van der Waals surface area contributed by atoms with Crippen LogP contribution in [0.3, 0.4) is 0 Å². The van der Waals surface area contributed by atoms with E-state index in [0.29, 0.717) is 35.9 Å². The van der Waals surface area contributed by atoms with E-state index in [0.717, 1.165) is 22.9 Å². The maximum atomic E-state index is 12.7. The Hall–Kier alpha value is -4.04. The summed E-state index contributed by atoms with van der Waals surface area (Å²) in [6.45, 7) is 1.33. The molecule has 1 unspecified atom stereocenters. The highest BCUT2D eigenvalue weighted by Crippen LogP contribution is 2.27. The summed E-state index contributed by atoms with van der Waals surface area (Å²) >= 11 is 0. The molecule has 1 aromatic heterocycles. The fourth-order valence-electron chi connectivity index (χ4n) is 3.71. The molecule has 3 aromatic carbocycles. The van der Waals surface area contributed by atoms with Crippen molar-refractivity contribution in [3.05, 3.63) is 84.1 Å². The zero-order valence-corrected chi connectivity index (χ0v) is 19.8. The van der Waals surface area contributed by atoms with Gasteiger partial charge in [0.15, 0.2) is 11.5 Å². The van der Waals surface area contributed by atoms with Crippen LogP contribution >= 0.6 is 0 Å². The lowest BCUT2D eigenvalue weighted by atomic mass is 10.1. The standard InChI is InChI=1S/C27H29N3O5/c1-32-25-12-11-19(15-26(25)33-2)13-14-28-16-21(35-27(31)20-7-4-3-5-8-20)18-34-24-10-6-9-23-22(24)17-29-30-23/h3-12,15,17,21,28H,13-14,16,18H2,1-2H3,(H,29,30). The Labute approximate surface area is 204 Å². The van der Waals surface area contributed by atoms with E-state index in [4.69, 9.17) is 18.9 Å². The van der Waals surface area contributed by atoms with Crippen LogP contribution in [0.15, 0.2) is 72.9 Å². The third kappa shape index (κ3) is 6.30. The second-order valence-electron chi connectivity index (χ2n) is 7.94. The Bertz CT molecular complexity index is 1240. The summed E-state index contributed by atoms with van der Waals surface area (Å²) in [4.78, 5) is 12.7. The average molecular weight is 476 g/mol. The molecule has 0 bridgehead atoms. The van der Waals surface area contributed by atoms with Gasteiger partial charge < -0.3 is 24.3 Å². The molecule has 0 amide bonds. The summed E-state index contributed by atoms with van der Waals surface area (Å²) in [5.74, 6) is 1.69. The van der Waals surface area contributed by atoms with Crippen LogP contribution in [0, 0.1) is 0 Å². The number of rotatable bonds is 12. The number of aromatic amines is 1. The van der Waals surface area contributed by atoms with Crippen LogP contribution in [0.1, 0.15) is 15.9 Å². The zero-order chi connectivity index (χ0) is 24.5. The average Bonchev–Trinajstić information content (AvgIpc) is 3.39. The van der Waals surface area contributed by atoms with Crippen LogP contribution < -0.4 is 19.5 Å². The number of nitrogens with zero attached hydrogens (tertiary/aromatic N) is 1. The number of carbonyl (C=O) groups excluding carboxylic acids is 1. The number of aromatic nitrogens is 2. The summed E-state index contributed by atoms with van der Waals surface area (Å²) in [6.07, 6.45) is 2.00. The number of nitrogens with one attached hydrogen (secondary N) is 2. The Morgan fingerprint density at radius 3 is 2.60 bits per heavy atom.